The molecule has 2 rings (SSSR count). The van der Waals surface area contributed by atoms with E-state index in [9.17, 15) is 0 Å². The average Bonchev–Trinajstić information content (AvgIpc) is 2.38. The molecule has 0 saturated carbocycles. The van der Waals surface area contributed by atoms with E-state index in [2.05, 4.69) is 37.4 Å². The molecule has 0 aromatic heterocycles. The van der Waals surface area contributed by atoms with Crippen LogP contribution in [-0.4, -0.2) is 6.61 Å². The van der Waals surface area contributed by atoms with Crippen molar-refractivity contribution in [2.45, 2.75) is 27.3 Å². The van der Waals surface area contributed by atoms with Crippen molar-refractivity contribution >= 4 is 17.3 Å². The summed E-state index contributed by atoms with van der Waals surface area (Å²) in [5.41, 5.74) is 4.74. The van der Waals surface area contributed by atoms with Crippen molar-refractivity contribution in [3.63, 3.8) is 0 Å². The molecule has 0 saturated heterocycles. The van der Waals surface area contributed by atoms with Gasteiger partial charge in [0.05, 0.1) is 12.3 Å². The van der Waals surface area contributed by atoms with Crippen LogP contribution in [0.4, 0.5) is 5.69 Å². The fraction of sp³-hybridized carbons (Fsp3) is 0.294. The summed E-state index contributed by atoms with van der Waals surface area (Å²) in [5.74, 6) is 0.835. The van der Waals surface area contributed by atoms with Crippen LogP contribution in [0.3, 0.4) is 0 Å². The van der Waals surface area contributed by atoms with E-state index in [0.29, 0.717) is 11.6 Å². The standard InChI is InChI=1S/C17H20ClNO/c1-4-20-17-6-5-15(18)10-16(17)19-11-14-8-12(2)7-13(3)9-14/h5-10,19H,4,11H2,1-3H3. The van der Waals surface area contributed by atoms with Crippen LogP contribution in [0.15, 0.2) is 36.4 Å². The Morgan fingerprint density at radius 2 is 1.75 bits per heavy atom. The van der Waals surface area contributed by atoms with Crippen LogP contribution >= 0.6 is 11.6 Å². The molecular formula is C17H20ClNO. The fourth-order valence-electron chi connectivity index (χ4n) is 2.29. The molecule has 1 N–H and O–H groups in total. The minimum Gasteiger partial charge on any atom is -0.492 e. The van der Waals surface area contributed by atoms with E-state index in [1.54, 1.807) is 0 Å². The Morgan fingerprint density at radius 3 is 2.40 bits per heavy atom. The maximum absolute atomic E-state index is 6.05. The van der Waals surface area contributed by atoms with Gasteiger partial charge in [-0.2, -0.15) is 0 Å². The maximum Gasteiger partial charge on any atom is 0.142 e. The van der Waals surface area contributed by atoms with Crippen molar-refractivity contribution in [3.8, 4) is 5.75 Å². The summed E-state index contributed by atoms with van der Waals surface area (Å²) in [6.45, 7) is 7.59. The van der Waals surface area contributed by atoms with Gasteiger partial charge in [-0.1, -0.05) is 40.9 Å². The molecular weight excluding hydrogens is 270 g/mol. The highest BCUT2D eigenvalue weighted by molar-refractivity contribution is 6.30. The number of hydrogen-bond donors (Lipinski definition) is 1. The third-order valence-corrected chi connectivity index (χ3v) is 3.24. The summed E-state index contributed by atoms with van der Waals surface area (Å²) >= 11 is 6.05. The van der Waals surface area contributed by atoms with Crippen LogP contribution in [0.5, 0.6) is 5.75 Å². The highest BCUT2D eigenvalue weighted by atomic mass is 35.5. The zero-order valence-electron chi connectivity index (χ0n) is 12.2. The predicted octanol–water partition coefficient (Wildman–Crippen LogP) is 4.97. The van der Waals surface area contributed by atoms with E-state index < -0.39 is 0 Å². The van der Waals surface area contributed by atoms with Crippen molar-refractivity contribution in [2.24, 2.45) is 0 Å². The number of halogens is 1. The van der Waals surface area contributed by atoms with Crippen molar-refractivity contribution in [2.75, 3.05) is 11.9 Å². The van der Waals surface area contributed by atoms with Crippen LogP contribution in [0.1, 0.15) is 23.6 Å². The van der Waals surface area contributed by atoms with Gasteiger partial charge in [0, 0.05) is 11.6 Å². The zero-order valence-corrected chi connectivity index (χ0v) is 12.9. The Balaban J connectivity index is 2.15. The summed E-state index contributed by atoms with van der Waals surface area (Å²) in [7, 11) is 0. The zero-order chi connectivity index (χ0) is 14.5. The molecule has 0 aliphatic heterocycles. The largest absolute Gasteiger partial charge is 0.492 e. The van der Waals surface area contributed by atoms with Gasteiger partial charge in [0.25, 0.3) is 0 Å². The quantitative estimate of drug-likeness (QED) is 0.839. The molecule has 0 fully saturated rings. The Bertz CT molecular complexity index is 575. The number of ether oxygens (including phenoxy) is 1. The summed E-state index contributed by atoms with van der Waals surface area (Å²) in [6.07, 6.45) is 0. The van der Waals surface area contributed by atoms with Gasteiger partial charge in [-0.05, 0) is 44.5 Å². The predicted molar refractivity (Wildman–Crippen MR) is 85.9 cm³/mol. The van der Waals surface area contributed by atoms with E-state index in [-0.39, 0.29) is 0 Å². The van der Waals surface area contributed by atoms with Crippen molar-refractivity contribution in [3.05, 3.63) is 58.1 Å². The fourth-order valence-corrected chi connectivity index (χ4v) is 2.46. The summed E-state index contributed by atoms with van der Waals surface area (Å²) < 4.78 is 5.61. The lowest BCUT2D eigenvalue weighted by Gasteiger charge is -2.13. The van der Waals surface area contributed by atoms with E-state index in [4.69, 9.17) is 16.3 Å². The number of aryl methyl sites for hydroxylation is 2. The second-order valence-electron chi connectivity index (χ2n) is 4.92. The van der Waals surface area contributed by atoms with Crippen molar-refractivity contribution in [1.82, 2.24) is 0 Å². The lowest BCUT2D eigenvalue weighted by molar-refractivity contribution is 0.341. The van der Waals surface area contributed by atoms with Gasteiger partial charge >= 0.3 is 0 Å². The molecule has 0 aliphatic rings. The smallest absolute Gasteiger partial charge is 0.142 e. The minimum atomic E-state index is 0.639. The molecule has 2 nitrogen and oxygen atoms in total. The number of anilines is 1. The molecule has 20 heavy (non-hydrogen) atoms. The molecule has 2 aromatic rings. The first kappa shape index (κ1) is 14.7. The Kier molecular flexibility index (Phi) is 4.91. The second-order valence-corrected chi connectivity index (χ2v) is 5.36. The normalized spacial score (nSPS) is 10.4. The lowest BCUT2D eigenvalue weighted by Crippen LogP contribution is -2.03. The SMILES string of the molecule is CCOc1ccc(Cl)cc1NCc1cc(C)cc(C)c1. The monoisotopic (exact) mass is 289 g/mol. The number of rotatable bonds is 5. The molecule has 0 aliphatic carbocycles. The Morgan fingerprint density at radius 1 is 1.05 bits per heavy atom. The van der Waals surface area contributed by atoms with E-state index in [1.807, 2.05) is 25.1 Å². The highest BCUT2D eigenvalue weighted by Gasteiger charge is 2.04. The lowest BCUT2D eigenvalue weighted by atomic mass is 10.1. The topological polar surface area (TPSA) is 21.3 Å². The molecule has 0 bridgehead atoms. The van der Waals surface area contributed by atoms with Gasteiger partial charge in [-0.3, -0.25) is 0 Å². The van der Waals surface area contributed by atoms with Crippen molar-refractivity contribution in [1.29, 1.82) is 0 Å². The maximum atomic E-state index is 6.05. The van der Waals surface area contributed by atoms with Crippen LogP contribution in [0.2, 0.25) is 5.02 Å². The van der Waals surface area contributed by atoms with Gasteiger partial charge in [0.15, 0.2) is 0 Å². The number of nitrogens with one attached hydrogen (secondary N) is 1. The first-order valence-electron chi connectivity index (χ1n) is 6.82. The average molecular weight is 290 g/mol. The first-order chi connectivity index (χ1) is 9.58. The van der Waals surface area contributed by atoms with Gasteiger partial charge < -0.3 is 10.1 Å². The van der Waals surface area contributed by atoms with E-state index in [0.717, 1.165) is 18.0 Å². The summed E-state index contributed by atoms with van der Waals surface area (Å²) in [5, 5.41) is 4.11. The number of hydrogen-bond acceptors (Lipinski definition) is 2. The molecule has 2 aromatic carbocycles. The summed E-state index contributed by atoms with van der Waals surface area (Å²) in [6, 6.07) is 12.2. The summed E-state index contributed by atoms with van der Waals surface area (Å²) in [4.78, 5) is 0. The molecule has 0 heterocycles. The van der Waals surface area contributed by atoms with Gasteiger partial charge in [0.2, 0.25) is 0 Å². The van der Waals surface area contributed by atoms with Crippen LogP contribution < -0.4 is 10.1 Å². The van der Waals surface area contributed by atoms with Gasteiger partial charge in [-0.25, -0.2) is 0 Å². The number of benzene rings is 2. The van der Waals surface area contributed by atoms with Gasteiger partial charge in [-0.15, -0.1) is 0 Å². The molecule has 0 atom stereocenters. The molecule has 0 spiro atoms. The molecule has 0 unspecified atom stereocenters. The second kappa shape index (κ2) is 6.67. The first-order valence-corrected chi connectivity index (χ1v) is 7.19. The third-order valence-electron chi connectivity index (χ3n) is 3.01. The highest BCUT2D eigenvalue weighted by Crippen LogP contribution is 2.28. The van der Waals surface area contributed by atoms with E-state index >= 15 is 0 Å². The minimum absolute atomic E-state index is 0.639. The molecule has 0 radical (unpaired) electrons. The molecule has 0 amide bonds. The Hall–Kier alpha value is -1.67. The van der Waals surface area contributed by atoms with Crippen LogP contribution in [0, 0.1) is 13.8 Å². The third kappa shape index (κ3) is 3.91. The van der Waals surface area contributed by atoms with Crippen molar-refractivity contribution < 1.29 is 4.74 Å². The van der Waals surface area contributed by atoms with Crippen LogP contribution in [0.25, 0.3) is 0 Å². The molecule has 3 heteroatoms. The van der Waals surface area contributed by atoms with Crippen LogP contribution in [-0.2, 0) is 6.54 Å². The Labute approximate surface area is 125 Å². The molecule has 106 valence electrons. The van der Waals surface area contributed by atoms with Gasteiger partial charge in [0.1, 0.15) is 5.75 Å². The van der Waals surface area contributed by atoms with E-state index in [1.165, 1.54) is 16.7 Å².